The largest absolute Gasteiger partial charge is 0.409 e. The molecule has 0 saturated heterocycles. The van der Waals surface area contributed by atoms with Crippen LogP contribution in [0.25, 0.3) is 5.69 Å². The van der Waals surface area contributed by atoms with Crippen LogP contribution >= 0.6 is 0 Å². The van der Waals surface area contributed by atoms with Gasteiger partial charge in [-0.25, -0.2) is 4.98 Å². The smallest absolute Gasteiger partial charge is 0.192 e. The van der Waals surface area contributed by atoms with Gasteiger partial charge in [0.15, 0.2) is 8.32 Å². The van der Waals surface area contributed by atoms with Crippen LogP contribution in [-0.2, 0) is 9.84 Å². The number of hydrogen-bond donors (Lipinski definition) is 0. The SMILES string of the molecule is CC(O[Si](C)(C)C(C)(C)C)c1cn(-c2ccc3c(c2)N(C2CC2)CC3(C)C)cn1. The maximum absolute atomic E-state index is 6.55. The average Bonchev–Trinajstić information content (AvgIpc) is 3.26. The molecule has 158 valence electrons. The Kier molecular flexibility index (Phi) is 4.78. The predicted molar refractivity (Wildman–Crippen MR) is 124 cm³/mol. The highest BCUT2D eigenvalue weighted by atomic mass is 28.4. The van der Waals surface area contributed by atoms with E-state index in [1.807, 2.05) is 6.33 Å². The van der Waals surface area contributed by atoms with Crippen LogP contribution in [0.3, 0.4) is 0 Å². The molecule has 1 aliphatic carbocycles. The molecule has 0 amide bonds. The summed E-state index contributed by atoms with van der Waals surface area (Å²) in [7, 11) is -1.82. The first-order valence-corrected chi connectivity index (χ1v) is 13.9. The van der Waals surface area contributed by atoms with Gasteiger partial charge in [0.05, 0.1) is 18.1 Å². The van der Waals surface area contributed by atoms with Crippen molar-refractivity contribution in [3.05, 3.63) is 42.0 Å². The van der Waals surface area contributed by atoms with Crippen molar-refractivity contribution >= 4 is 14.0 Å². The molecular formula is C24H37N3OSi. The van der Waals surface area contributed by atoms with Crippen molar-refractivity contribution in [3.8, 4) is 5.69 Å². The summed E-state index contributed by atoms with van der Waals surface area (Å²) in [6.07, 6.45) is 6.74. The summed E-state index contributed by atoms with van der Waals surface area (Å²) in [5.74, 6) is 0. The number of anilines is 1. The van der Waals surface area contributed by atoms with E-state index in [1.54, 1.807) is 0 Å². The van der Waals surface area contributed by atoms with E-state index in [9.17, 15) is 0 Å². The first-order valence-electron chi connectivity index (χ1n) is 11.0. The lowest BCUT2D eigenvalue weighted by molar-refractivity contribution is 0.199. The normalized spacial score (nSPS) is 20.1. The fraction of sp³-hybridized carbons (Fsp3) is 0.625. The van der Waals surface area contributed by atoms with Gasteiger partial charge in [-0.1, -0.05) is 40.7 Å². The molecule has 1 fully saturated rings. The van der Waals surface area contributed by atoms with Crippen LogP contribution in [0.4, 0.5) is 5.69 Å². The lowest BCUT2D eigenvalue weighted by atomic mass is 9.87. The third kappa shape index (κ3) is 3.79. The van der Waals surface area contributed by atoms with E-state index < -0.39 is 8.32 Å². The summed E-state index contributed by atoms with van der Waals surface area (Å²) < 4.78 is 8.70. The summed E-state index contributed by atoms with van der Waals surface area (Å²) in [6, 6.07) is 7.65. The molecule has 1 aromatic heterocycles. The van der Waals surface area contributed by atoms with Gasteiger partial charge in [-0.3, -0.25) is 0 Å². The van der Waals surface area contributed by atoms with Crippen LogP contribution in [0.5, 0.6) is 0 Å². The van der Waals surface area contributed by atoms with Crippen molar-refractivity contribution in [3.63, 3.8) is 0 Å². The molecule has 29 heavy (non-hydrogen) atoms. The molecule has 0 N–H and O–H groups in total. The number of fused-ring (bicyclic) bond motifs is 1. The Labute approximate surface area is 177 Å². The number of imidazole rings is 1. The molecule has 1 unspecified atom stereocenters. The molecule has 4 rings (SSSR count). The van der Waals surface area contributed by atoms with Crippen molar-refractivity contribution in [2.75, 3.05) is 11.4 Å². The highest BCUT2D eigenvalue weighted by Gasteiger charge is 2.42. The topological polar surface area (TPSA) is 30.3 Å². The molecule has 2 aromatic rings. The molecule has 4 nitrogen and oxygen atoms in total. The highest BCUT2D eigenvalue weighted by Crippen LogP contribution is 2.46. The molecule has 0 spiro atoms. The Bertz CT molecular complexity index is 905. The van der Waals surface area contributed by atoms with E-state index in [-0.39, 0.29) is 16.6 Å². The number of hydrogen-bond acceptors (Lipinski definition) is 3. The van der Waals surface area contributed by atoms with Gasteiger partial charge in [0, 0.05) is 35.6 Å². The van der Waals surface area contributed by atoms with Crippen molar-refractivity contribution in [1.29, 1.82) is 0 Å². The van der Waals surface area contributed by atoms with E-state index in [2.05, 4.69) is 88.5 Å². The van der Waals surface area contributed by atoms with Crippen molar-refractivity contribution in [2.24, 2.45) is 0 Å². The third-order valence-corrected chi connectivity index (χ3v) is 11.7. The molecule has 1 saturated carbocycles. The Morgan fingerprint density at radius 1 is 1.21 bits per heavy atom. The van der Waals surface area contributed by atoms with E-state index in [1.165, 1.54) is 29.8 Å². The van der Waals surface area contributed by atoms with Crippen LogP contribution < -0.4 is 4.90 Å². The van der Waals surface area contributed by atoms with Gasteiger partial charge in [0.2, 0.25) is 0 Å². The van der Waals surface area contributed by atoms with Crippen LogP contribution in [0.15, 0.2) is 30.7 Å². The first kappa shape index (κ1) is 20.7. The Hall–Kier alpha value is -1.59. The monoisotopic (exact) mass is 411 g/mol. The summed E-state index contributed by atoms with van der Waals surface area (Å²) in [6.45, 7) is 19.4. The molecule has 2 heterocycles. The summed E-state index contributed by atoms with van der Waals surface area (Å²) in [5.41, 5.74) is 5.31. The van der Waals surface area contributed by atoms with E-state index >= 15 is 0 Å². The Morgan fingerprint density at radius 3 is 2.52 bits per heavy atom. The lowest BCUT2D eigenvalue weighted by Gasteiger charge is -2.38. The van der Waals surface area contributed by atoms with Crippen molar-refractivity contribution < 1.29 is 4.43 Å². The van der Waals surface area contributed by atoms with Gasteiger partial charge in [0.1, 0.15) is 0 Å². The summed E-state index contributed by atoms with van der Waals surface area (Å²) in [4.78, 5) is 7.32. The molecule has 1 aromatic carbocycles. The molecular weight excluding hydrogens is 374 g/mol. The van der Waals surface area contributed by atoms with Gasteiger partial charge < -0.3 is 13.9 Å². The second-order valence-electron chi connectivity index (χ2n) is 11.2. The average molecular weight is 412 g/mol. The maximum atomic E-state index is 6.55. The Morgan fingerprint density at radius 2 is 1.90 bits per heavy atom. The second-order valence-corrected chi connectivity index (χ2v) is 15.9. The maximum Gasteiger partial charge on any atom is 0.192 e. The fourth-order valence-corrected chi connectivity index (χ4v) is 5.53. The zero-order valence-electron chi connectivity index (χ0n) is 19.4. The second kappa shape index (κ2) is 6.71. The predicted octanol–water partition coefficient (Wildman–Crippen LogP) is 6.22. The van der Waals surface area contributed by atoms with E-state index in [4.69, 9.17) is 9.41 Å². The van der Waals surface area contributed by atoms with Gasteiger partial charge in [-0.05, 0) is 55.6 Å². The van der Waals surface area contributed by atoms with Crippen molar-refractivity contribution in [2.45, 2.75) is 90.1 Å². The van der Waals surface area contributed by atoms with Crippen LogP contribution in [0.2, 0.25) is 18.1 Å². The number of rotatable bonds is 5. The van der Waals surface area contributed by atoms with E-state index in [0.717, 1.165) is 18.3 Å². The summed E-state index contributed by atoms with van der Waals surface area (Å²) in [5, 5.41) is 0.197. The lowest BCUT2D eigenvalue weighted by Crippen LogP contribution is -2.41. The number of benzene rings is 1. The first-order chi connectivity index (χ1) is 13.4. The number of aromatic nitrogens is 2. The molecule has 0 bridgehead atoms. The number of nitrogens with zero attached hydrogens (tertiary/aromatic N) is 3. The summed E-state index contributed by atoms with van der Waals surface area (Å²) >= 11 is 0. The van der Waals surface area contributed by atoms with Gasteiger partial charge >= 0.3 is 0 Å². The molecule has 2 aliphatic rings. The van der Waals surface area contributed by atoms with Crippen molar-refractivity contribution in [1.82, 2.24) is 9.55 Å². The van der Waals surface area contributed by atoms with Crippen LogP contribution in [-0.4, -0.2) is 30.5 Å². The van der Waals surface area contributed by atoms with Gasteiger partial charge in [-0.15, -0.1) is 0 Å². The zero-order chi connectivity index (χ0) is 21.2. The standard InChI is InChI=1S/C24H37N3OSi/c1-17(28-29(7,8)23(2,3)4)21-14-26(16-25-21)19-11-12-20-22(13-19)27(18-9-10-18)15-24(20,5)6/h11-14,16-18H,9-10,15H2,1-8H3. The fourth-order valence-electron chi connectivity index (χ4n) is 4.17. The van der Waals surface area contributed by atoms with Crippen LogP contribution in [0.1, 0.15) is 71.7 Å². The minimum atomic E-state index is -1.82. The molecule has 0 radical (unpaired) electrons. The minimum Gasteiger partial charge on any atom is -0.409 e. The Balaban J connectivity index is 1.58. The molecule has 1 atom stereocenters. The van der Waals surface area contributed by atoms with Gasteiger partial charge in [-0.2, -0.15) is 0 Å². The third-order valence-electron chi connectivity index (χ3n) is 7.17. The zero-order valence-corrected chi connectivity index (χ0v) is 20.4. The van der Waals surface area contributed by atoms with Crippen LogP contribution in [0, 0.1) is 0 Å². The molecule has 1 aliphatic heterocycles. The quantitative estimate of drug-likeness (QED) is 0.548. The van der Waals surface area contributed by atoms with E-state index in [0.29, 0.717) is 0 Å². The van der Waals surface area contributed by atoms with Gasteiger partial charge in [0.25, 0.3) is 0 Å². The minimum absolute atomic E-state index is 0.00784. The molecule has 5 heteroatoms. The highest BCUT2D eigenvalue weighted by molar-refractivity contribution is 6.74.